The summed E-state index contributed by atoms with van der Waals surface area (Å²) in [6, 6.07) is 3.88. The van der Waals surface area contributed by atoms with E-state index in [9.17, 15) is 0 Å². The standard InChI is InChI=1S/C11H14N5/c1-12-11-14-8-4-3-5-13-9(8)10(15-11)16(2)6-7-16/h3-5H,6-7H2,1-2H3,(H,12,14,15)/q+1. The zero-order valence-corrected chi connectivity index (χ0v) is 9.44. The quantitative estimate of drug-likeness (QED) is 0.601. The van der Waals surface area contributed by atoms with Gasteiger partial charge in [-0.25, -0.2) is 9.97 Å². The molecule has 0 bridgehead atoms. The van der Waals surface area contributed by atoms with Crippen LogP contribution in [0.15, 0.2) is 18.3 Å². The van der Waals surface area contributed by atoms with Gasteiger partial charge in [0, 0.05) is 13.2 Å². The molecule has 1 fully saturated rings. The Labute approximate surface area is 93.7 Å². The van der Waals surface area contributed by atoms with Crippen molar-refractivity contribution in [3.63, 3.8) is 0 Å². The van der Waals surface area contributed by atoms with E-state index in [1.807, 2.05) is 19.2 Å². The van der Waals surface area contributed by atoms with E-state index in [1.165, 1.54) is 0 Å². The zero-order chi connectivity index (χ0) is 11.2. The molecule has 3 heterocycles. The predicted octanol–water partition coefficient (Wildman–Crippen LogP) is 1.02. The molecule has 2 aromatic heterocycles. The summed E-state index contributed by atoms with van der Waals surface area (Å²) in [5, 5.41) is 3.00. The Bertz CT molecular complexity index is 547. The molecule has 5 nitrogen and oxygen atoms in total. The van der Waals surface area contributed by atoms with Crippen molar-refractivity contribution < 1.29 is 0 Å². The van der Waals surface area contributed by atoms with Gasteiger partial charge in [-0.2, -0.15) is 4.98 Å². The lowest BCUT2D eigenvalue weighted by molar-refractivity contribution is 0.643. The molecule has 1 aliphatic heterocycles. The minimum absolute atomic E-state index is 0.668. The predicted molar refractivity (Wildman–Crippen MR) is 64.3 cm³/mol. The molecule has 0 aliphatic carbocycles. The summed E-state index contributed by atoms with van der Waals surface area (Å²) >= 11 is 0. The Morgan fingerprint density at radius 1 is 1.31 bits per heavy atom. The molecule has 0 amide bonds. The molecule has 2 aromatic rings. The Kier molecular flexibility index (Phi) is 1.85. The van der Waals surface area contributed by atoms with Crippen molar-refractivity contribution in [2.75, 3.05) is 32.5 Å². The number of nitrogens with one attached hydrogen (secondary N) is 1. The molecule has 82 valence electrons. The average Bonchev–Trinajstić information content (AvgIpc) is 3.07. The average molecular weight is 216 g/mol. The van der Waals surface area contributed by atoms with Gasteiger partial charge in [-0.3, -0.25) is 4.48 Å². The van der Waals surface area contributed by atoms with Crippen LogP contribution >= 0.6 is 0 Å². The van der Waals surface area contributed by atoms with Gasteiger partial charge < -0.3 is 5.32 Å². The van der Waals surface area contributed by atoms with Crippen LogP contribution in [0, 0.1) is 0 Å². The first-order valence-corrected chi connectivity index (χ1v) is 5.38. The Hall–Kier alpha value is -1.75. The summed E-state index contributed by atoms with van der Waals surface area (Å²) in [6.45, 7) is 2.26. The van der Waals surface area contributed by atoms with Gasteiger partial charge in [-0.05, 0) is 12.1 Å². The normalized spacial score (nSPS) is 17.4. The lowest BCUT2D eigenvalue weighted by atomic mass is 10.3. The molecule has 0 spiro atoms. The van der Waals surface area contributed by atoms with E-state index >= 15 is 0 Å². The molecule has 1 aliphatic rings. The molecule has 0 saturated carbocycles. The Balaban J connectivity index is 2.31. The van der Waals surface area contributed by atoms with Crippen molar-refractivity contribution in [1.29, 1.82) is 0 Å². The fourth-order valence-corrected chi connectivity index (χ4v) is 1.80. The van der Waals surface area contributed by atoms with Crippen LogP contribution in [0.4, 0.5) is 11.8 Å². The maximum Gasteiger partial charge on any atom is 0.259 e. The fraction of sp³-hybridized carbons (Fsp3) is 0.364. The molecule has 5 heteroatoms. The van der Waals surface area contributed by atoms with Gasteiger partial charge in [0.25, 0.3) is 5.82 Å². The van der Waals surface area contributed by atoms with Gasteiger partial charge in [0.05, 0.1) is 7.05 Å². The number of aromatic nitrogens is 3. The number of quaternary nitrogens is 1. The van der Waals surface area contributed by atoms with E-state index in [1.54, 1.807) is 6.20 Å². The van der Waals surface area contributed by atoms with Crippen LogP contribution in [-0.2, 0) is 0 Å². The first-order chi connectivity index (χ1) is 7.73. The van der Waals surface area contributed by atoms with Crippen molar-refractivity contribution in [3.05, 3.63) is 18.3 Å². The maximum atomic E-state index is 4.54. The molecule has 0 radical (unpaired) electrons. The van der Waals surface area contributed by atoms with E-state index in [2.05, 4.69) is 27.3 Å². The van der Waals surface area contributed by atoms with Gasteiger partial charge in [-0.15, -0.1) is 0 Å². The third-order valence-corrected chi connectivity index (χ3v) is 3.07. The highest BCUT2D eigenvalue weighted by Crippen LogP contribution is 2.33. The summed E-state index contributed by atoms with van der Waals surface area (Å²) in [5.74, 6) is 1.69. The highest BCUT2D eigenvalue weighted by molar-refractivity contribution is 5.86. The summed E-state index contributed by atoms with van der Waals surface area (Å²) < 4.78 is 0.866. The molecule has 0 unspecified atom stereocenters. The van der Waals surface area contributed by atoms with Crippen molar-refractivity contribution in [2.45, 2.75) is 0 Å². The highest BCUT2D eigenvalue weighted by Gasteiger charge is 2.43. The van der Waals surface area contributed by atoms with E-state index in [0.717, 1.165) is 34.4 Å². The maximum absolute atomic E-state index is 4.54. The minimum Gasteiger partial charge on any atom is -0.357 e. The third kappa shape index (κ3) is 1.32. The molecule has 16 heavy (non-hydrogen) atoms. The second-order valence-electron chi connectivity index (χ2n) is 4.34. The topological polar surface area (TPSA) is 50.7 Å². The van der Waals surface area contributed by atoms with Crippen LogP contribution in [0.5, 0.6) is 0 Å². The van der Waals surface area contributed by atoms with Gasteiger partial charge in [-0.1, -0.05) is 0 Å². The second-order valence-corrected chi connectivity index (χ2v) is 4.34. The van der Waals surface area contributed by atoms with Crippen molar-refractivity contribution in [2.24, 2.45) is 0 Å². The van der Waals surface area contributed by atoms with Crippen molar-refractivity contribution in [3.8, 4) is 0 Å². The number of hydrogen-bond acceptors (Lipinski definition) is 4. The molecular formula is C11H14N5+. The summed E-state index contributed by atoms with van der Waals surface area (Å²) in [4.78, 5) is 13.3. The number of fused-ring (bicyclic) bond motifs is 1. The van der Waals surface area contributed by atoms with Crippen molar-refractivity contribution >= 4 is 22.8 Å². The number of likely N-dealkylation sites (N-methyl/N-ethyl adjacent to an activating group) is 1. The third-order valence-electron chi connectivity index (χ3n) is 3.07. The van der Waals surface area contributed by atoms with Crippen LogP contribution in [0.3, 0.4) is 0 Å². The van der Waals surface area contributed by atoms with Crippen LogP contribution in [0.25, 0.3) is 11.0 Å². The van der Waals surface area contributed by atoms with E-state index < -0.39 is 0 Å². The summed E-state index contributed by atoms with van der Waals surface area (Å²) in [5.41, 5.74) is 1.82. The first kappa shape index (κ1) is 9.47. The molecular weight excluding hydrogens is 202 g/mol. The van der Waals surface area contributed by atoms with Gasteiger partial charge >= 0.3 is 0 Å². The summed E-state index contributed by atoms with van der Waals surface area (Å²) in [7, 11) is 4.01. The zero-order valence-electron chi connectivity index (χ0n) is 9.44. The minimum atomic E-state index is 0.668. The van der Waals surface area contributed by atoms with Crippen LogP contribution in [-0.4, -0.2) is 42.1 Å². The smallest absolute Gasteiger partial charge is 0.259 e. The lowest BCUT2D eigenvalue weighted by Gasteiger charge is -2.12. The van der Waals surface area contributed by atoms with E-state index in [0.29, 0.717) is 5.95 Å². The number of rotatable bonds is 2. The number of pyridine rings is 1. The van der Waals surface area contributed by atoms with E-state index in [-0.39, 0.29) is 0 Å². The van der Waals surface area contributed by atoms with Crippen LogP contribution in [0.1, 0.15) is 0 Å². The number of hydrogen-bond donors (Lipinski definition) is 1. The monoisotopic (exact) mass is 216 g/mol. The lowest BCUT2D eigenvalue weighted by Crippen LogP contribution is -2.21. The fourth-order valence-electron chi connectivity index (χ4n) is 1.80. The highest BCUT2D eigenvalue weighted by atomic mass is 15.5. The Morgan fingerprint density at radius 2 is 2.12 bits per heavy atom. The van der Waals surface area contributed by atoms with Crippen LogP contribution in [0.2, 0.25) is 0 Å². The molecule has 1 saturated heterocycles. The van der Waals surface area contributed by atoms with Gasteiger partial charge in [0.2, 0.25) is 5.95 Å². The van der Waals surface area contributed by atoms with Crippen LogP contribution < -0.4 is 9.80 Å². The molecule has 0 aromatic carbocycles. The molecule has 1 N–H and O–H groups in total. The SMILES string of the molecule is CNc1nc([N+]2(C)CC2)c2ncccc2n1. The van der Waals surface area contributed by atoms with Gasteiger partial charge in [0.15, 0.2) is 5.52 Å². The molecule has 0 atom stereocenters. The Morgan fingerprint density at radius 3 is 2.81 bits per heavy atom. The molecule has 3 rings (SSSR count). The van der Waals surface area contributed by atoms with Crippen molar-refractivity contribution in [1.82, 2.24) is 19.4 Å². The number of anilines is 1. The summed E-state index contributed by atoms with van der Waals surface area (Å²) in [6.07, 6.45) is 1.80. The van der Waals surface area contributed by atoms with Gasteiger partial charge in [0.1, 0.15) is 18.6 Å². The second kappa shape index (κ2) is 3.12. The largest absolute Gasteiger partial charge is 0.357 e. The van der Waals surface area contributed by atoms with E-state index in [4.69, 9.17) is 0 Å². The number of nitrogens with zero attached hydrogens (tertiary/aromatic N) is 4. The first-order valence-electron chi connectivity index (χ1n) is 5.38.